The Morgan fingerprint density at radius 1 is 1.11 bits per heavy atom. The van der Waals surface area contributed by atoms with Gasteiger partial charge in [-0.25, -0.2) is 4.99 Å². The van der Waals surface area contributed by atoms with Crippen molar-refractivity contribution in [3.63, 3.8) is 0 Å². The third-order valence-electron chi connectivity index (χ3n) is 4.86. The number of nitrogens with one attached hydrogen (secondary N) is 1. The Bertz CT molecular complexity index is 1030. The maximum Gasteiger partial charge on any atom is 0.0940 e. The largest absolute Gasteiger partial charge is 0.373 e. The quantitative estimate of drug-likeness (QED) is 0.144. The third kappa shape index (κ3) is 12.3. The molecule has 0 heterocycles. The highest BCUT2D eigenvalue weighted by atomic mass is 15.1. The molecular weight excluding hydrogens is 430 g/mol. The van der Waals surface area contributed by atoms with Gasteiger partial charge in [0.25, 0.3) is 0 Å². The van der Waals surface area contributed by atoms with E-state index in [1.165, 1.54) is 0 Å². The van der Waals surface area contributed by atoms with Crippen LogP contribution in [0.4, 0.5) is 0 Å². The molecule has 0 amide bonds. The van der Waals surface area contributed by atoms with E-state index in [2.05, 4.69) is 98.5 Å². The molecule has 0 aliphatic heterocycles. The minimum atomic E-state index is -0.0776. The van der Waals surface area contributed by atoms with Crippen molar-refractivity contribution in [1.29, 1.82) is 5.26 Å². The standard InChI is InChI=1S/C23H30N4.C7H11N/c1-9-17(5)20-11-13-21(14-12-20)23(16(3)4)27-19(7)22(10-2)26-18(6)15-25-24-8;1-6(2)4-7(3)5-8/h10-15,23,27H,2-3,5,7,9H2,1,4,6,8H3;6H,3-4H2,1-2H3/b18-15+,25-24?,26-22?;/t23-;/m0./s1. The van der Waals surface area contributed by atoms with Crippen LogP contribution in [-0.2, 0) is 0 Å². The van der Waals surface area contributed by atoms with Gasteiger partial charge in [0.15, 0.2) is 0 Å². The highest BCUT2D eigenvalue weighted by molar-refractivity contribution is 6.07. The van der Waals surface area contributed by atoms with E-state index >= 15 is 0 Å². The molecule has 5 nitrogen and oxygen atoms in total. The topological polar surface area (TPSA) is 72.9 Å². The van der Waals surface area contributed by atoms with E-state index in [-0.39, 0.29) is 6.04 Å². The fraction of sp³-hybridized carbons (Fsp3) is 0.333. The molecule has 1 rings (SSSR count). The number of nitrogens with zero attached hydrogens (tertiary/aromatic N) is 4. The van der Waals surface area contributed by atoms with E-state index in [1.54, 1.807) is 19.3 Å². The number of azo groups is 1. The summed E-state index contributed by atoms with van der Waals surface area (Å²) >= 11 is 0. The zero-order valence-corrected chi connectivity index (χ0v) is 22.4. The number of benzene rings is 1. The van der Waals surface area contributed by atoms with Crippen molar-refractivity contribution >= 4 is 11.3 Å². The van der Waals surface area contributed by atoms with Crippen LogP contribution in [0.2, 0.25) is 0 Å². The maximum absolute atomic E-state index is 8.23. The lowest BCUT2D eigenvalue weighted by molar-refractivity contribution is 0.652. The van der Waals surface area contributed by atoms with Gasteiger partial charge in [-0.15, -0.1) is 0 Å². The number of nitriles is 1. The molecule has 1 atom stereocenters. The molecule has 5 heteroatoms. The SMILES string of the molecule is C=C(C#N)CC(C)C.C=CC(=N/C(C)=C/N=NC)C(=C)N[C@@H](C(=C)C)c1ccc(C(=C)CC)cc1. The molecule has 1 aromatic carbocycles. The van der Waals surface area contributed by atoms with Crippen molar-refractivity contribution in [3.05, 3.63) is 103 Å². The molecule has 0 saturated carbocycles. The van der Waals surface area contributed by atoms with Crippen molar-refractivity contribution in [2.75, 3.05) is 7.05 Å². The second-order valence-corrected chi connectivity index (χ2v) is 8.58. The van der Waals surface area contributed by atoms with Crippen LogP contribution in [0.25, 0.3) is 5.57 Å². The van der Waals surface area contributed by atoms with Crippen molar-refractivity contribution in [2.45, 2.75) is 53.5 Å². The summed E-state index contributed by atoms with van der Waals surface area (Å²) < 4.78 is 0. The molecule has 0 saturated heterocycles. The van der Waals surface area contributed by atoms with Crippen LogP contribution >= 0.6 is 0 Å². The summed E-state index contributed by atoms with van der Waals surface area (Å²) in [6.07, 6.45) is 5.02. The summed E-state index contributed by atoms with van der Waals surface area (Å²) in [5.74, 6) is 0.558. The predicted octanol–water partition coefficient (Wildman–Crippen LogP) is 8.51. The normalized spacial score (nSPS) is 12.3. The van der Waals surface area contributed by atoms with Crippen LogP contribution < -0.4 is 5.32 Å². The minimum Gasteiger partial charge on any atom is -0.373 e. The van der Waals surface area contributed by atoms with Gasteiger partial charge in [0.05, 0.1) is 35.4 Å². The molecule has 0 fully saturated rings. The Balaban J connectivity index is 0.00000124. The summed E-state index contributed by atoms with van der Waals surface area (Å²) in [5.41, 5.74) is 7.07. The number of hydrogen-bond donors (Lipinski definition) is 1. The van der Waals surface area contributed by atoms with Crippen LogP contribution in [0.1, 0.15) is 64.6 Å². The second kappa shape index (κ2) is 16.8. The number of hydrogen-bond acceptors (Lipinski definition) is 5. The van der Waals surface area contributed by atoms with E-state index in [4.69, 9.17) is 5.26 Å². The lowest BCUT2D eigenvalue weighted by atomic mass is 9.97. The molecule has 0 radical (unpaired) electrons. The molecule has 186 valence electrons. The van der Waals surface area contributed by atoms with Crippen LogP contribution in [0.15, 0.2) is 107 Å². The van der Waals surface area contributed by atoms with Crippen LogP contribution in [0.5, 0.6) is 0 Å². The number of rotatable bonds is 12. The monoisotopic (exact) mass is 471 g/mol. The molecule has 0 bridgehead atoms. The molecule has 0 aliphatic carbocycles. The van der Waals surface area contributed by atoms with Crippen molar-refractivity contribution in [1.82, 2.24) is 5.32 Å². The van der Waals surface area contributed by atoms with Gasteiger partial charge in [-0.05, 0) is 55.4 Å². The first-order valence-electron chi connectivity index (χ1n) is 11.6. The Morgan fingerprint density at radius 2 is 1.71 bits per heavy atom. The Morgan fingerprint density at radius 3 is 2.11 bits per heavy atom. The lowest BCUT2D eigenvalue weighted by Crippen LogP contribution is -2.25. The van der Waals surface area contributed by atoms with Gasteiger partial charge < -0.3 is 5.32 Å². The van der Waals surface area contributed by atoms with Crippen molar-refractivity contribution in [3.8, 4) is 6.07 Å². The van der Waals surface area contributed by atoms with Gasteiger partial charge in [-0.3, -0.25) is 0 Å². The Hall–Kier alpha value is -3.78. The first-order valence-corrected chi connectivity index (χ1v) is 11.6. The number of aliphatic imine (C=N–C) groups is 1. The Labute approximate surface area is 212 Å². The summed E-state index contributed by atoms with van der Waals surface area (Å²) in [7, 11) is 1.61. The fourth-order valence-electron chi connectivity index (χ4n) is 2.99. The summed E-state index contributed by atoms with van der Waals surface area (Å²) in [6.45, 7) is 29.8. The molecule has 0 unspecified atom stereocenters. The lowest BCUT2D eigenvalue weighted by Gasteiger charge is -2.22. The zero-order valence-electron chi connectivity index (χ0n) is 22.4. The zero-order chi connectivity index (χ0) is 27.0. The van der Waals surface area contributed by atoms with Crippen LogP contribution in [-0.4, -0.2) is 12.8 Å². The van der Waals surface area contributed by atoms with Crippen molar-refractivity contribution in [2.24, 2.45) is 21.1 Å². The van der Waals surface area contributed by atoms with Gasteiger partial charge in [0.2, 0.25) is 0 Å². The average Bonchev–Trinajstić information content (AvgIpc) is 2.83. The van der Waals surface area contributed by atoms with Crippen molar-refractivity contribution < 1.29 is 0 Å². The molecule has 0 aromatic heterocycles. The van der Waals surface area contributed by atoms with Gasteiger partial charge in [0, 0.05) is 12.6 Å². The van der Waals surface area contributed by atoms with Gasteiger partial charge in [-0.2, -0.15) is 15.5 Å². The molecular formula is C30H41N5. The first-order chi connectivity index (χ1) is 16.5. The minimum absolute atomic E-state index is 0.0776. The number of allylic oxidation sites excluding steroid dienone is 4. The van der Waals surface area contributed by atoms with E-state index in [0.29, 0.717) is 28.6 Å². The van der Waals surface area contributed by atoms with Gasteiger partial charge in [-0.1, -0.05) is 83.5 Å². The molecule has 1 N–H and O–H groups in total. The predicted molar refractivity (Wildman–Crippen MR) is 152 cm³/mol. The molecule has 0 spiro atoms. The van der Waals surface area contributed by atoms with Gasteiger partial charge >= 0.3 is 0 Å². The summed E-state index contributed by atoms with van der Waals surface area (Å²) in [6, 6.07) is 10.3. The molecule has 1 aromatic rings. The van der Waals surface area contributed by atoms with E-state index in [9.17, 15) is 0 Å². The summed E-state index contributed by atoms with van der Waals surface area (Å²) in [4.78, 5) is 4.49. The highest BCUT2D eigenvalue weighted by Gasteiger charge is 2.14. The average molecular weight is 472 g/mol. The Kier molecular flexibility index (Phi) is 15.0. The van der Waals surface area contributed by atoms with E-state index in [0.717, 1.165) is 35.1 Å². The van der Waals surface area contributed by atoms with E-state index < -0.39 is 0 Å². The summed E-state index contributed by atoms with van der Waals surface area (Å²) in [5, 5.41) is 19.2. The molecule has 0 aliphatic rings. The highest BCUT2D eigenvalue weighted by Crippen LogP contribution is 2.24. The van der Waals surface area contributed by atoms with Gasteiger partial charge in [0.1, 0.15) is 0 Å². The first kappa shape index (κ1) is 31.2. The van der Waals surface area contributed by atoms with E-state index in [1.807, 2.05) is 19.9 Å². The smallest absolute Gasteiger partial charge is 0.0940 e. The fourth-order valence-corrected chi connectivity index (χ4v) is 2.99. The van der Waals surface area contributed by atoms with Crippen LogP contribution in [0, 0.1) is 17.2 Å². The third-order valence-corrected chi connectivity index (χ3v) is 4.86. The molecule has 35 heavy (non-hydrogen) atoms. The second-order valence-electron chi connectivity index (χ2n) is 8.58. The van der Waals surface area contributed by atoms with Crippen LogP contribution in [0.3, 0.4) is 0 Å². The maximum atomic E-state index is 8.23.